The topological polar surface area (TPSA) is 101 Å². The fourth-order valence-corrected chi connectivity index (χ4v) is 5.67. The standard InChI is InChI=1S/C24H35N3O6S/c1-4-27(5-2)34(29,30)23-15-19(11-12-22(23)31-6-3)25-24(28)18-26(16-20-9-7-13-32-20)17-21-10-8-14-33-21/h7,9,11-13,15,21H,4-6,8,10,14,16-18H2,1-3H3,(H,25,28). The van der Waals surface area contributed by atoms with Crippen molar-refractivity contribution in [2.75, 3.05) is 44.7 Å². The normalized spacial score (nSPS) is 16.3. The summed E-state index contributed by atoms with van der Waals surface area (Å²) in [4.78, 5) is 15.0. The molecule has 3 rings (SSSR count). The lowest BCUT2D eigenvalue weighted by molar-refractivity contribution is -0.117. The summed E-state index contributed by atoms with van der Waals surface area (Å²) < 4.78 is 44.5. The Morgan fingerprint density at radius 1 is 1.21 bits per heavy atom. The van der Waals surface area contributed by atoms with Gasteiger partial charge in [-0.05, 0) is 50.1 Å². The predicted molar refractivity (Wildman–Crippen MR) is 129 cm³/mol. The maximum atomic E-state index is 13.2. The summed E-state index contributed by atoms with van der Waals surface area (Å²) in [7, 11) is -3.77. The first kappa shape index (κ1) is 26.2. The van der Waals surface area contributed by atoms with Gasteiger partial charge in [0.15, 0.2) is 0 Å². The van der Waals surface area contributed by atoms with E-state index in [0.29, 0.717) is 38.5 Å². The van der Waals surface area contributed by atoms with Gasteiger partial charge in [0.05, 0.1) is 32.1 Å². The molecular formula is C24H35N3O6S. The van der Waals surface area contributed by atoms with E-state index in [1.807, 2.05) is 17.0 Å². The van der Waals surface area contributed by atoms with Gasteiger partial charge in [0.2, 0.25) is 15.9 Å². The first-order chi connectivity index (χ1) is 16.4. The van der Waals surface area contributed by atoms with Gasteiger partial charge in [0, 0.05) is 31.9 Å². The second kappa shape index (κ2) is 12.3. The van der Waals surface area contributed by atoms with E-state index in [1.54, 1.807) is 39.2 Å². The van der Waals surface area contributed by atoms with Crippen molar-refractivity contribution in [3.8, 4) is 5.75 Å². The lowest BCUT2D eigenvalue weighted by Crippen LogP contribution is -2.37. The zero-order valence-electron chi connectivity index (χ0n) is 20.2. The minimum absolute atomic E-state index is 0.0441. The Balaban J connectivity index is 1.76. The van der Waals surface area contributed by atoms with Crippen LogP contribution in [0.15, 0.2) is 45.9 Å². The number of amides is 1. The number of nitrogens with zero attached hydrogens (tertiary/aromatic N) is 2. The number of carbonyl (C=O) groups excluding carboxylic acids is 1. The summed E-state index contributed by atoms with van der Waals surface area (Å²) in [6.07, 6.45) is 3.67. The second-order valence-electron chi connectivity index (χ2n) is 8.12. The average molecular weight is 494 g/mol. The maximum absolute atomic E-state index is 13.2. The van der Waals surface area contributed by atoms with Gasteiger partial charge in [0.25, 0.3) is 0 Å². The minimum Gasteiger partial charge on any atom is -0.492 e. The molecule has 0 bridgehead atoms. The molecule has 1 aromatic carbocycles. The van der Waals surface area contributed by atoms with Crippen LogP contribution in [0.3, 0.4) is 0 Å². The summed E-state index contributed by atoms with van der Waals surface area (Å²) in [5, 5.41) is 2.84. The summed E-state index contributed by atoms with van der Waals surface area (Å²) in [6, 6.07) is 8.39. The smallest absolute Gasteiger partial charge is 0.246 e. The molecule has 1 aliphatic heterocycles. The first-order valence-electron chi connectivity index (χ1n) is 11.8. The molecule has 0 spiro atoms. The number of carbonyl (C=O) groups is 1. The first-order valence-corrected chi connectivity index (χ1v) is 13.2. The van der Waals surface area contributed by atoms with Crippen molar-refractivity contribution in [2.45, 2.75) is 51.2 Å². The zero-order chi connectivity index (χ0) is 24.6. The molecule has 1 fully saturated rings. The van der Waals surface area contributed by atoms with Gasteiger partial charge in [-0.1, -0.05) is 13.8 Å². The van der Waals surface area contributed by atoms with Crippen molar-refractivity contribution >= 4 is 21.6 Å². The second-order valence-corrected chi connectivity index (χ2v) is 10.0. The van der Waals surface area contributed by atoms with Crippen molar-refractivity contribution in [3.05, 3.63) is 42.4 Å². The van der Waals surface area contributed by atoms with E-state index < -0.39 is 10.0 Å². The van der Waals surface area contributed by atoms with Crippen LogP contribution in [0.5, 0.6) is 5.75 Å². The predicted octanol–water partition coefficient (Wildman–Crippen LogP) is 3.33. The Bertz CT molecular complexity index is 1020. The highest BCUT2D eigenvalue weighted by Crippen LogP contribution is 2.30. The van der Waals surface area contributed by atoms with Crippen molar-refractivity contribution in [1.82, 2.24) is 9.21 Å². The molecule has 2 aromatic rings. The van der Waals surface area contributed by atoms with Crippen molar-refractivity contribution in [3.63, 3.8) is 0 Å². The van der Waals surface area contributed by atoms with Gasteiger partial charge in [-0.15, -0.1) is 0 Å². The zero-order valence-corrected chi connectivity index (χ0v) is 21.0. The summed E-state index contributed by atoms with van der Waals surface area (Å²) in [5.41, 5.74) is 0.397. The van der Waals surface area contributed by atoms with E-state index in [4.69, 9.17) is 13.9 Å². The quantitative estimate of drug-likeness (QED) is 0.457. The van der Waals surface area contributed by atoms with Crippen LogP contribution >= 0.6 is 0 Å². The monoisotopic (exact) mass is 493 g/mol. The fraction of sp³-hybridized carbons (Fsp3) is 0.542. The highest BCUT2D eigenvalue weighted by atomic mass is 32.2. The van der Waals surface area contributed by atoms with Gasteiger partial charge in [-0.25, -0.2) is 8.42 Å². The van der Waals surface area contributed by atoms with Gasteiger partial charge < -0.3 is 19.2 Å². The van der Waals surface area contributed by atoms with Crippen LogP contribution in [0.25, 0.3) is 0 Å². The number of anilines is 1. The fourth-order valence-electron chi connectivity index (χ4n) is 4.05. The summed E-state index contributed by atoms with van der Waals surface area (Å²) in [5.74, 6) is 0.782. The average Bonchev–Trinajstić information content (AvgIpc) is 3.50. The minimum atomic E-state index is -3.77. The molecule has 1 amide bonds. The summed E-state index contributed by atoms with van der Waals surface area (Å²) >= 11 is 0. The molecule has 34 heavy (non-hydrogen) atoms. The number of hydrogen-bond acceptors (Lipinski definition) is 7. The van der Waals surface area contributed by atoms with Crippen LogP contribution in [0, 0.1) is 0 Å². The van der Waals surface area contributed by atoms with E-state index in [1.165, 1.54) is 10.4 Å². The van der Waals surface area contributed by atoms with E-state index in [-0.39, 0.29) is 29.2 Å². The van der Waals surface area contributed by atoms with Gasteiger partial charge in [-0.3, -0.25) is 9.69 Å². The van der Waals surface area contributed by atoms with Gasteiger partial charge in [0.1, 0.15) is 16.4 Å². The lowest BCUT2D eigenvalue weighted by atomic mass is 10.2. The molecule has 1 aliphatic rings. The van der Waals surface area contributed by atoms with E-state index in [2.05, 4.69) is 5.32 Å². The van der Waals surface area contributed by atoms with Crippen LogP contribution in [0.4, 0.5) is 5.69 Å². The van der Waals surface area contributed by atoms with E-state index in [9.17, 15) is 13.2 Å². The molecule has 1 N–H and O–H groups in total. The number of rotatable bonds is 13. The number of sulfonamides is 1. The van der Waals surface area contributed by atoms with Crippen LogP contribution in [0.1, 0.15) is 39.4 Å². The highest BCUT2D eigenvalue weighted by molar-refractivity contribution is 7.89. The molecule has 9 nitrogen and oxygen atoms in total. The lowest BCUT2D eigenvalue weighted by Gasteiger charge is -2.24. The van der Waals surface area contributed by atoms with Crippen LogP contribution in [-0.2, 0) is 26.1 Å². The van der Waals surface area contributed by atoms with E-state index >= 15 is 0 Å². The Hall–Kier alpha value is -2.40. The Morgan fingerprint density at radius 3 is 2.62 bits per heavy atom. The molecule has 1 atom stereocenters. The van der Waals surface area contributed by atoms with Crippen molar-refractivity contribution < 1.29 is 27.1 Å². The number of furan rings is 1. The third kappa shape index (κ3) is 6.82. The van der Waals surface area contributed by atoms with Crippen LogP contribution in [-0.4, -0.2) is 69.0 Å². The number of nitrogens with one attached hydrogen (secondary N) is 1. The molecule has 2 heterocycles. The van der Waals surface area contributed by atoms with Crippen molar-refractivity contribution in [1.29, 1.82) is 0 Å². The van der Waals surface area contributed by atoms with E-state index in [0.717, 1.165) is 25.2 Å². The van der Waals surface area contributed by atoms with Crippen LogP contribution in [0.2, 0.25) is 0 Å². The molecule has 1 unspecified atom stereocenters. The molecule has 10 heteroatoms. The Morgan fingerprint density at radius 2 is 2.00 bits per heavy atom. The SMILES string of the molecule is CCOc1ccc(NC(=O)CN(Cc2ccco2)CC2CCCO2)cc1S(=O)(=O)N(CC)CC. The maximum Gasteiger partial charge on any atom is 0.246 e. The number of benzene rings is 1. The molecule has 0 saturated carbocycles. The molecular weight excluding hydrogens is 458 g/mol. The Kier molecular flexibility index (Phi) is 9.52. The number of ether oxygens (including phenoxy) is 2. The molecule has 188 valence electrons. The molecule has 1 saturated heterocycles. The van der Waals surface area contributed by atoms with Gasteiger partial charge >= 0.3 is 0 Å². The molecule has 0 aliphatic carbocycles. The van der Waals surface area contributed by atoms with Crippen molar-refractivity contribution in [2.24, 2.45) is 0 Å². The third-order valence-electron chi connectivity index (χ3n) is 5.66. The van der Waals surface area contributed by atoms with Gasteiger partial charge in [-0.2, -0.15) is 4.31 Å². The molecule has 0 radical (unpaired) electrons. The largest absolute Gasteiger partial charge is 0.492 e. The Labute approximate surface area is 202 Å². The summed E-state index contributed by atoms with van der Waals surface area (Å²) in [6.45, 7) is 8.32. The van der Waals surface area contributed by atoms with Crippen LogP contribution < -0.4 is 10.1 Å². The third-order valence-corrected chi connectivity index (χ3v) is 7.73. The molecule has 1 aromatic heterocycles. The number of hydrogen-bond donors (Lipinski definition) is 1. The highest BCUT2D eigenvalue weighted by Gasteiger charge is 2.27.